The lowest BCUT2D eigenvalue weighted by molar-refractivity contribution is 0.404. The van der Waals surface area contributed by atoms with E-state index >= 15 is 0 Å². The number of methoxy groups -OCH3 is 1. The zero-order chi connectivity index (χ0) is 11.3. The molecule has 0 aliphatic carbocycles. The predicted octanol–water partition coefficient (Wildman–Crippen LogP) is 2.32. The maximum absolute atomic E-state index is 5.28. The Bertz CT molecular complexity index is 343. The van der Waals surface area contributed by atoms with Crippen LogP contribution in [0.15, 0.2) is 30.1 Å². The molecule has 1 heterocycles. The Kier molecular flexibility index (Phi) is 4.31. The normalized spacial score (nSPS) is 12.0. The van der Waals surface area contributed by atoms with Crippen LogP contribution in [0.1, 0.15) is 25.5 Å². The lowest BCUT2D eigenvalue weighted by atomic mass is 10.1. The molecule has 0 amide bonds. The van der Waals surface area contributed by atoms with Crippen molar-refractivity contribution in [3.8, 4) is 5.75 Å². The third-order valence-corrected chi connectivity index (χ3v) is 2.18. The molecule has 3 nitrogen and oxygen atoms in total. The molecule has 1 atom stereocenters. The number of likely N-dealkylation sites (N-methyl/N-ethyl adjacent to an activating group) is 1. The highest BCUT2D eigenvalue weighted by Crippen LogP contribution is 2.24. The molecule has 1 unspecified atom stereocenters. The van der Waals surface area contributed by atoms with E-state index in [9.17, 15) is 0 Å². The average Bonchev–Trinajstić information content (AvgIpc) is 2.25. The molecule has 3 heteroatoms. The molecule has 1 aromatic rings. The van der Waals surface area contributed by atoms with Gasteiger partial charge in [-0.1, -0.05) is 11.6 Å². The van der Waals surface area contributed by atoms with Crippen LogP contribution in [-0.2, 0) is 0 Å². The zero-order valence-corrected chi connectivity index (χ0v) is 9.74. The number of allylic oxidation sites excluding steroid dienone is 1. The first-order chi connectivity index (χ1) is 7.19. The highest BCUT2D eigenvalue weighted by Gasteiger charge is 2.11. The first-order valence-corrected chi connectivity index (χ1v) is 4.99. The fourth-order valence-corrected chi connectivity index (χ4v) is 1.48. The maximum Gasteiger partial charge on any atom is 0.142 e. The van der Waals surface area contributed by atoms with Gasteiger partial charge in [-0.05, 0) is 27.0 Å². The van der Waals surface area contributed by atoms with Crippen LogP contribution in [0.2, 0.25) is 0 Å². The monoisotopic (exact) mass is 206 g/mol. The van der Waals surface area contributed by atoms with Gasteiger partial charge >= 0.3 is 0 Å². The van der Waals surface area contributed by atoms with E-state index < -0.39 is 0 Å². The molecule has 0 radical (unpaired) electrons. The molecule has 15 heavy (non-hydrogen) atoms. The zero-order valence-electron chi connectivity index (χ0n) is 9.74. The largest absolute Gasteiger partial charge is 0.495 e. The van der Waals surface area contributed by atoms with Crippen LogP contribution < -0.4 is 10.1 Å². The summed E-state index contributed by atoms with van der Waals surface area (Å²) in [5.74, 6) is 0.814. The lowest BCUT2D eigenvalue weighted by Crippen LogP contribution is -2.15. The van der Waals surface area contributed by atoms with Gasteiger partial charge in [0.25, 0.3) is 0 Å². The molecule has 1 rings (SSSR count). The van der Waals surface area contributed by atoms with Crippen molar-refractivity contribution in [2.45, 2.75) is 19.9 Å². The predicted molar refractivity (Wildman–Crippen MR) is 62.0 cm³/mol. The number of nitrogens with zero attached hydrogens (tertiary/aromatic N) is 1. The van der Waals surface area contributed by atoms with Gasteiger partial charge in [0.1, 0.15) is 5.75 Å². The van der Waals surface area contributed by atoms with Gasteiger partial charge in [0.2, 0.25) is 0 Å². The number of aromatic nitrogens is 1. The second-order valence-corrected chi connectivity index (χ2v) is 3.63. The Morgan fingerprint density at radius 3 is 2.80 bits per heavy atom. The molecule has 82 valence electrons. The molecular formula is C12H18N2O. The van der Waals surface area contributed by atoms with Crippen molar-refractivity contribution in [2.75, 3.05) is 14.2 Å². The maximum atomic E-state index is 5.28. The van der Waals surface area contributed by atoms with Gasteiger partial charge in [-0.3, -0.25) is 4.98 Å². The lowest BCUT2D eigenvalue weighted by Gasteiger charge is -2.15. The molecule has 0 saturated carbocycles. The Morgan fingerprint density at radius 2 is 2.27 bits per heavy atom. The van der Waals surface area contributed by atoms with Crippen LogP contribution in [0.25, 0.3) is 0 Å². The summed E-state index contributed by atoms with van der Waals surface area (Å²) in [6.07, 6.45) is 5.68. The van der Waals surface area contributed by atoms with Gasteiger partial charge in [-0.2, -0.15) is 0 Å². The summed E-state index contributed by atoms with van der Waals surface area (Å²) in [5.41, 5.74) is 2.38. The van der Waals surface area contributed by atoms with Crippen LogP contribution in [-0.4, -0.2) is 19.1 Å². The summed E-state index contributed by atoms with van der Waals surface area (Å²) in [4.78, 5) is 4.04. The Morgan fingerprint density at radius 1 is 1.53 bits per heavy atom. The fourth-order valence-electron chi connectivity index (χ4n) is 1.48. The second kappa shape index (κ2) is 5.51. The Labute approximate surface area is 91.2 Å². The minimum atomic E-state index is 0.174. The number of nitrogens with one attached hydrogen (secondary N) is 1. The second-order valence-electron chi connectivity index (χ2n) is 3.63. The van der Waals surface area contributed by atoms with Gasteiger partial charge in [0.05, 0.1) is 19.3 Å². The first kappa shape index (κ1) is 11.7. The standard InChI is InChI=1S/C12H18N2O/c1-9(2)7-11(13-3)10-5-6-14-8-12(10)15-4/h5-8,11,13H,1-4H3. The van der Waals surface area contributed by atoms with Crippen molar-refractivity contribution in [2.24, 2.45) is 0 Å². The van der Waals surface area contributed by atoms with Crippen molar-refractivity contribution in [1.82, 2.24) is 10.3 Å². The number of hydrogen-bond acceptors (Lipinski definition) is 3. The van der Waals surface area contributed by atoms with Crippen LogP contribution in [0.5, 0.6) is 5.75 Å². The summed E-state index contributed by atoms with van der Waals surface area (Å²) < 4.78 is 5.28. The quantitative estimate of drug-likeness (QED) is 0.768. The van der Waals surface area contributed by atoms with Crippen molar-refractivity contribution < 1.29 is 4.74 Å². The van der Waals surface area contributed by atoms with Crippen molar-refractivity contribution >= 4 is 0 Å². The van der Waals surface area contributed by atoms with E-state index in [2.05, 4.69) is 30.2 Å². The minimum Gasteiger partial charge on any atom is -0.495 e. The van der Waals surface area contributed by atoms with E-state index in [0.29, 0.717) is 0 Å². The van der Waals surface area contributed by atoms with Crippen LogP contribution >= 0.6 is 0 Å². The van der Waals surface area contributed by atoms with Gasteiger partial charge in [0.15, 0.2) is 0 Å². The van der Waals surface area contributed by atoms with Crippen molar-refractivity contribution in [3.63, 3.8) is 0 Å². The summed E-state index contributed by atoms with van der Waals surface area (Å²) in [6.45, 7) is 4.16. The molecule has 0 fully saturated rings. The third-order valence-electron chi connectivity index (χ3n) is 2.18. The van der Waals surface area contributed by atoms with E-state index in [0.717, 1.165) is 11.3 Å². The molecule has 0 spiro atoms. The molecular weight excluding hydrogens is 188 g/mol. The van der Waals surface area contributed by atoms with Gasteiger partial charge in [-0.25, -0.2) is 0 Å². The summed E-state index contributed by atoms with van der Waals surface area (Å²) in [7, 11) is 3.60. The van der Waals surface area contributed by atoms with E-state index in [1.165, 1.54) is 5.57 Å². The number of pyridine rings is 1. The molecule has 0 aliphatic rings. The Hall–Kier alpha value is -1.35. The highest BCUT2D eigenvalue weighted by molar-refractivity contribution is 5.35. The summed E-state index contributed by atoms with van der Waals surface area (Å²) in [5, 5.41) is 3.24. The van der Waals surface area contributed by atoms with Gasteiger partial charge in [0, 0.05) is 11.8 Å². The number of rotatable bonds is 4. The van der Waals surface area contributed by atoms with Crippen molar-refractivity contribution in [3.05, 3.63) is 35.7 Å². The average molecular weight is 206 g/mol. The fraction of sp³-hybridized carbons (Fsp3) is 0.417. The molecule has 0 saturated heterocycles. The summed E-state index contributed by atoms with van der Waals surface area (Å²) >= 11 is 0. The smallest absolute Gasteiger partial charge is 0.142 e. The van der Waals surface area contributed by atoms with Crippen molar-refractivity contribution in [1.29, 1.82) is 0 Å². The van der Waals surface area contributed by atoms with Crippen LogP contribution in [0, 0.1) is 0 Å². The van der Waals surface area contributed by atoms with E-state index in [-0.39, 0.29) is 6.04 Å². The third kappa shape index (κ3) is 3.06. The van der Waals surface area contributed by atoms with Gasteiger partial charge < -0.3 is 10.1 Å². The number of ether oxygens (including phenoxy) is 1. The first-order valence-electron chi connectivity index (χ1n) is 4.99. The van der Waals surface area contributed by atoms with Crippen LogP contribution in [0.3, 0.4) is 0 Å². The van der Waals surface area contributed by atoms with E-state index in [1.54, 1.807) is 19.5 Å². The molecule has 1 N–H and O–H groups in total. The summed E-state index contributed by atoms with van der Waals surface area (Å²) in [6, 6.07) is 2.15. The van der Waals surface area contributed by atoms with Gasteiger partial charge in [-0.15, -0.1) is 0 Å². The molecule has 0 bridgehead atoms. The van der Waals surface area contributed by atoms with E-state index in [4.69, 9.17) is 4.74 Å². The molecule has 0 aliphatic heterocycles. The molecule has 0 aromatic carbocycles. The highest BCUT2D eigenvalue weighted by atomic mass is 16.5. The Balaban J connectivity index is 3.06. The molecule has 1 aromatic heterocycles. The SMILES string of the molecule is CNC(C=C(C)C)c1ccncc1OC. The van der Waals surface area contributed by atoms with Crippen LogP contribution in [0.4, 0.5) is 0 Å². The van der Waals surface area contributed by atoms with E-state index in [1.807, 2.05) is 13.1 Å². The topological polar surface area (TPSA) is 34.2 Å². The minimum absolute atomic E-state index is 0.174. The number of hydrogen-bond donors (Lipinski definition) is 1.